The van der Waals surface area contributed by atoms with Gasteiger partial charge in [-0.05, 0) is 0 Å². The summed E-state index contributed by atoms with van der Waals surface area (Å²) in [7, 11) is 0. The van der Waals surface area contributed by atoms with Gasteiger partial charge in [0.25, 0.3) is 0 Å². The zero-order valence-corrected chi connectivity index (χ0v) is 6.25. The maximum atomic E-state index is 9.87. The van der Waals surface area contributed by atoms with Crippen molar-refractivity contribution < 1.29 is 4.79 Å². The summed E-state index contributed by atoms with van der Waals surface area (Å²) >= 11 is 2.09. The molecule has 0 rings (SSSR count). The number of alkyl halides is 1. The lowest BCUT2D eigenvalue weighted by molar-refractivity contribution is 0.249. The topological polar surface area (TPSA) is 67.5 Å². The van der Waals surface area contributed by atoms with Crippen LogP contribution in [0.2, 0.25) is 0 Å². The Kier molecular flexibility index (Phi) is 4.62. The van der Waals surface area contributed by atoms with Crippen LogP contribution in [0.5, 0.6) is 0 Å². The molecule has 5 heteroatoms. The van der Waals surface area contributed by atoms with Gasteiger partial charge in [-0.25, -0.2) is 10.2 Å². The number of nitrogens with two attached hydrogens (primary N) is 1. The Bertz CT molecular complexity index is 103. The normalized spacial score (nSPS) is 9.62. The number of carbonyl (C=O) groups is 1. The van der Waals surface area contributed by atoms with Gasteiger partial charge < -0.3 is 5.73 Å². The summed E-state index contributed by atoms with van der Waals surface area (Å²) in [6.07, 6.45) is 1.55. The average molecular weight is 227 g/mol. The molecule has 8 heavy (non-hydrogen) atoms. The van der Waals surface area contributed by atoms with E-state index >= 15 is 0 Å². The molecular formula is C3H6IN3O. The van der Waals surface area contributed by atoms with Gasteiger partial charge in [-0.2, -0.15) is 5.10 Å². The van der Waals surface area contributed by atoms with E-state index in [1.165, 1.54) is 0 Å². The van der Waals surface area contributed by atoms with Crippen LogP contribution in [0.15, 0.2) is 5.10 Å². The lowest BCUT2D eigenvalue weighted by Gasteiger charge is -1.86. The first kappa shape index (κ1) is 7.67. The second-order valence-corrected chi connectivity index (χ2v) is 1.82. The third kappa shape index (κ3) is 5.67. The Hall–Kier alpha value is -0.330. The third-order valence-electron chi connectivity index (χ3n) is 0.335. The van der Waals surface area contributed by atoms with E-state index in [0.29, 0.717) is 0 Å². The smallest absolute Gasteiger partial charge is 0.332 e. The summed E-state index contributed by atoms with van der Waals surface area (Å²) in [6, 6.07) is -0.633. The van der Waals surface area contributed by atoms with Crippen LogP contribution < -0.4 is 11.2 Å². The third-order valence-corrected chi connectivity index (χ3v) is 0.729. The van der Waals surface area contributed by atoms with Crippen LogP contribution in [0.3, 0.4) is 0 Å². The molecule has 0 unspecified atom stereocenters. The van der Waals surface area contributed by atoms with Gasteiger partial charge in [0.1, 0.15) is 0 Å². The molecule has 4 nitrogen and oxygen atoms in total. The zero-order chi connectivity index (χ0) is 6.41. The molecule has 0 aromatic heterocycles. The number of nitrogens with one attached hydrogen (secondary N) is 1. The highest BCUT2D eigenvalue weighted by Crippen LogP contribution is 1.71. The molecule has 0 radical (unpaired) electrons. The summed E-state index contributed by atoms with van der Waals surface area (Å²) < 4.78 is 0.762. The number of hydrogen-bond donors (Lipinski definition) is 2. The Morgan fingerprint density at radius 1 is 2.00 bits per heavy atom. The fourth-order valence-electron chi connectivity index (χ4n) is 0.144. The Morgan fingerprint density at radius 2 is 2.62 bits per heavy atom. The van der Waals surface area contributed by atoms with Gasteiger partial charge in [0.05, 0.1) is 0 Å². The van der Waals surface area contributed by atoms with Crippen molar-refractivity contribution >= 4 is 34.8 Å². The van der Waals surface area contributed by atoms with Crippen molar-refractivity contribution in [3.05, 3.63) is 0 Å². The number of carbonyl (C=O) groups excluding carboxylic acids is 1. The van der Waals surface area contributed by atoms with Gasteiger partial charge in [-0.3, -0.25) is 0 Å². The van der Waals surface area contributed by atoms with Crippen molar-refractivity contribution in [1.29, 1.82) is 0 Å². The molecule has 0 bridgehead atoms. The fraction of sp³-hybridized carbons (Fsp3) is 0.333. The average Bonchev–Trinajstić information content (AvgIpc) is 1.66. The molecule has 0 aliphatic carbocycles. The number of hydrogen-bond acceptors (Lipinski definition) is 2. The van der Waals surface area contributed by atoms with Gasteiger partial charge in [0.2, 0.25) is 0 Å². The molecule has 0 aromatic rings. The molecule has 3 N–H and O–H groups in total. The van der Waals surface area contributed by atoms with Crippen molar-refractivity contribution in [2.45, 2.75) is 0 Å². The minimum Gasteiger partial charge on any atom is -0.350 e. The molecule has 0 saturated heterocycles. The molecule has 0 aliphatic rings. The van der Waals surface area contributed by atoms with Crippen molar-refractivity contribution in [3.8, 4) is 0 Å². The van der Waals surface area contributed by atoms with Crippen LogP contribution in [0.4, 0.5) is 4.79 Å². The van der Waals surface area contributed by atoms with Crippen LogP contribution in [0, 0.1) is 0 Å². The second-order valence-electron chi connectivity index (χ2n) is 0.942. The second kappa shape index (κ2) is 4.82. The van der Waals surface area contributed by atoms with E-state index in [1.807, 2.05) is 5.43 Å². The van der Waals surface area contributed by atoms with E-state index in [9.17, 15) is 4.79 Å². The van der Waals surface area contributed by atoms with Crippen molar-refractivity contribution in [2.24, 2.45) is 10.8 Å². The predicted octanol–water partition coefficient (Wildman–Crippen LogP) is 0.0755. The standard InChI is InChI=1S/C3H6IN3O/c4-1-2-6-7-3(5)8/h2H,1H2,(H3,5,7,8)/b6-2-. The number of nitrogens with zero attached hydrogens (tertiary/aromatic N) is 1. The molecule has 46 valence electrons. The number of urea groups is 1. The van der Waals surface area contributed by atoms with Gasteiger partial charge in [0.15, 0.2) is 0 Å². The van der Waals surface area contributed by atoms with Gasteiger partial charge in [0, 0.05) is 10.6 Å². The first-order valence-electron chi connectivity index (χ1n) is 1.90. The molecular weight excluding hydrogens is 221 g/mol. The van der Waals surface area contributed by atoms with E-state index in [0.717, 1.165) is 4.43 Å². The first-order valence-corrected chi connectivity index (χ1v) is 3.43. The van der Waals surface area contributed by atoms with Crippen LogP contribution in [0.25, 0.3) is 0 Å². The van der Waals surface area contributed by atoms with E-state index in [2.05, 4.69) is 33.4 Å². The zero-order valence-electron chi connectivity index (χ0n) is 4.10. The molecule has 0 atom stereocenters. The SMILES string of the molecule is NC(=O)N/N=C\CI. The molecule has 2 amide bonds. The summed E-state index contributed by atoms with van der Waals surface area (Å²) in [5, 5.41) is 3.43. The largest absolute Gasteiger partial charge is 0.350 e. The first-order chi connectivity index (χ1) is 3.77. The molecule has 0 heterocycles. The maximum Gasteiger partial charge on any atom is 0.332 e. The Morgan fingerprint density at radius 3 is 3.00 bits per heavy atom. The molecule has 0 saturated carbocycles. The number of rotatable bonds is 2. The summed E-state index contributed by atoms with van der Waals surface area (Å²) in [5.74, 6) is 0. The lowest BCUT2D eigenvalue weighted by Crippen LogP contribution is -2.24. The molecule has 0 fully saturated rings. The van der Waals surface area contributed by atoms with Crippen molar-refractivity contribution in [1.82, 2.24) is 5.43 Å². The quantitative estimate of drug-likeness (QED) is 0.298. The summed E-state index contributed by atoms with van der Waals surface area (Å²) in [4.78, 5) is 9.87. The number of primary amides is 1. The minimum absolute atomic E-state index is 0.633. The monoisotopic (exact) mass is 227 g/mol. The highest BCUT2D eigenvalue weighted by atomic mass is 127. The maximum absolute atomic E-state index is 9.87. The van der Waals surface area contributed by atoms with Crippen LogP contribution in [-0.4, -0.2) is 16.7 Å². The minimum atomic E-state index is -0.633. The van der Waals surface area contributed by atoms with Crippen molar-refractivity contribution in [2.75, 3.05) is 4.43 Å². The summed E-state index contributed by atoms with van der Waals surface area (Å²) in [5.41, 5.74) is 6.72. The summed E-state index contributed by atoms with van der Waals surface area (Å²) in [6.45, 7) is 0. The van der Waals surface area contributed by atoms with Crippen LogP contribution in [-0.2, 0) is 0 Å². The fourth-order valence-corrected chi connectivity index (χ4v) is 0.341. The number of hydrazone groups is 1. The van der Waals surface area contributed by atoms with Gasteiger partial charge in [-0.1, -0.05) is 22.6 Å². The number of halogens is 1. The van der Waals surface area contributed by atoms with Gasteiger partial charge >= 0.3 is 6.03 Å². The molecule has 0 aliphatic heterocycles. The van der Waals surface area contributed by atoms with Crippen LogP contribution >= 0.6 is 22.6 Å². The predicted molar refractivity (Wildman–Crippen MR) is 40.1 cm³/mol. The Balaban J connectivity index is 3.16. The number of amides is 2. The van der Waals surface area contributed by atoms with E-state index in [4.69, 9.17) is 0 Å². The van der Waals surface area contributed by atoms with E-state index in [-0.39, 0.29) is 0 Å². The van der Waals surface area contributed by atoms with Crippen molar-refractivity contribution in [3.63, 3.8) is 0 Å². The molecule has 0 aromatic carbocycles. The highest BCUT2D eigenvalue weighted by molar-refractivity contribution is 14.1. The lowest BCUT2D eigenvalue weighted by atomic mass is 10.9. The van der Waals surface area contributed by atoms with E-state index < -0.39 is 6.03 Å². The highest BCUT2D eigenvalue weighted by Gasteiger charge is 1.80. The van der Waals surface area contributed by atoms with Gasteiger partial charge in [-0.15, -0.1) is 0 Å². The van der Waals surface area contributed by atoms with Crippen LogP contribution in [0.1, 0.15) is 0 Å². The molecule has 0 spiro atoms. The van der Waals surface area contributed by atoms with E-state index in [1.54, 1.807) is 6.21 Å². The Labute approximate surface area is 60.6 Å².